The number of nitrogens with one attached hydrogen (secondary N) is 1. The number of hydrogen-bond acceptors (Lipinski definition) is 3. The van der Waals surface area contributed by atoms with Gasteiger partial charge in [0.1, 0.15) is 0 Å². The first-order chi connectivity index (χ1) is 12.8. The van der Waals surface area contributed by atoms with Crippen LogP contribution in [-0.2, 0) is 10.9 Å². The van der Waals surface area contributed by atoms with E-state index in [1.54, 1.807) is 6.07 Å². The molecule has 0 saturated carbocycles. The molecule has 0 aliphatic carbocycles. The Balaban J connectivity index is 1.48. The number of anilines is 1. The van der Waals surface area contributed by atoms with E-state index < -0.39 is 11.7 Å². The average Bonchev–Trinajstić information content (AvgIpc) is 3.14. The molecule has 2 aliphatic heterocycles. The largest absolute Gasteiger partial charge is 0.416 e. The number of benzene rings is 1. The van der Waals surface area contributed by atoms with Gasteiger partial charge in [-0.25, -0.2) is 0 Å². The van der Waals surface area contributed by atoms with Gasteiger partial charge in [0, 0.05) is 38.0 Å². The van der Waals surface area contributed by atoms with E-state index in [0.717, 1.165) is 64.1 Å². The summed E-state index contributed by atoms with van der Waals surface area (Å²) < 4.78 is 44.2. The van der Waals surface area contributed by atoms with Crippen molar-refractivity contribution in [3.8, 4) is 0 Å². The van der Waals surface area contributed by atoms with Gasteiger partial charge in [-0.3, -0.25) is 0 Å². The Morgan fingerprint density at radius 2 is 2.04 bits per heavy atom. The highest BCUT2D eigenvalue weighted by Gasteiger charge is 2.31. The van der Waals surface area contributed by atoms with Crippen LogP contribution in [0.15, 0.2) is 24.3 Å². The van der Waals surface area contributed by atoms with Gasteiger partial charge in [0.2, 0.25) is 0 Å². The molecule has 0 aromatic heterocycles. The summed E-state index contributed by atoms with van der Waals surface area (Å²) >= 11 is 5.41. The van der Waals surface area contributed by atoms with Gasteiger partial charge >= 0.3 is 6.18 Å². The van der Waals surface area contributed by atoms with E-state index in [1.165, 1.54) is 6.07 Å². The van der Waals surface area contributed by atoms with Gasteiger partial charge < -0.3 is 19.9 Å². The fourth-order valence-electron chi connectivity index (χ4n) is 3.74. The number of alkyl halides is 3. The molecular weight excluding hydrogens is 375 g/mol. The van der Waals surface area contributed by atoms with Crippen LogP contribution in [0.25, 0.3) is 0 Å². The summed E-state index contributed by atoms with van der Waals surface area (Å²) in [6.07, 6.45) is 0.226. The van der Waals surface area contributed by atoms with Crippen molar-refractivity contribution in [2.45, 2.75) is 44.0 Å². The molecule has 8 heteroatoms. The lowest BCUT2D eigenvalue weighted by Gasteiger charge is -2.38. The molecule has 0 radical (unpaired) electrons. The molecule has 3 rings (SSSR count). The summed E-state index contributed by atoms with van der Waals surface area (Å²) in [4.78, 5) is 4.41. The molecule has 2 heterocycles. The number of ether oxygens (including phenoxy) is 1. The maximum atomic E-state index is 12.8. The van der Waals surface area contributed by atoms with Crippen LogP contribution in [-0.4, -0.2) is 60.3 Å². The van der Waals surface area contributed by atoms with Crippen molar-refractivity contribution in [1.29, 1.82) is 0 Å². The monoisotopic (exact) mass is 401 g/mol. The molecular formula is C19H26F3N3OS. The van der Waals surface area contributed by atoms with Crippen LogP contribution in [0.5, 0.6) is 0 Å². The smallest absolute Gasteiger partial charge is 0.377 e. The average molecular weight is 401 g/mol. The summed E-state index contributed by atoms with van der Waals surface area (Å²) in [5.41, 5.74) is -0.308. The minimum atomic E-state index is -4.36. The number of halogens is 3. The van der Waals surface area contributed by atoms with Crippen LogP contribution in [0.4, 0.5) is 18.9 Å². The summed E-state index contributed by atoms with van der Waals surface area (Å²) in [7, 11) is 2.14. The Morgan fingerprint density at radius 1 is 1.30 bits per heavy atom. The van der Waals surface area contributed by atoms with E-state index in [9.17, 15) is 13.2 Å². The van der Waals surface area contributed by atoms with Crippen molar-refractivity contribution in [2.24, 2.45) is 0 Å². The van der Waals surface area contributed by atoms with E-state index >= 15 is 0 Å². The molecule has 1 N–H and O–H groups in total. The molecule has 1 atom stereocenters. The molecule has 0 amide bonds. The first kappa shape index (κ1) is 20.4. The van der Waals surface area contributed by atoms with Crippen molar-refractivity contribution in [3.05, 3.63) is 29.8 Å². The quantitative estimate of drug-likeness (QED) is 0.771. The van der Waals surface area contributed by atoms with Crippen molar-refractivity contribution in [2.75, 3.05) is 38.6 Å². The molecule has 0 spiro atoms. The van der Waals surface area contributed by atoms with E-state index in [-0.39, 0.29) is 0 Å². The topological polar surface area (TPSA) is 27.7 Å². The Bertz CT molecular complexity index is 641. The highest BCUT2D eigenvalue weighted by molar-refractivity contribution is 7.80. The number of likely N-dealkylation sites (N-methyl/N-ethyl adjacent to an activating group) is 1. The van der Waals surface area contributed by atoms with Gasteiger partial charge in [0.05, 0.1) is 11.7 Å². The van der Waals surface area contributed by atoms with Gasteiger partial charge in [-0.2, -0.15) is 13.2 Å². The summed E-state index contributed by atoms with van der Waals surface area (Å²) in [6, 6.07) is 5.63. The van der Waals surface area contributed by atoms with Gasteiger partial charge in [-0.1, -0.05) is 6.07 Å². The second-order valence-electron chi connectivity index (χ2n) is 7.30. The van der Waals surface area contributed by atoms with E-state index in [1.807, 2.05) is 4.90 Å². The molecule has 0 bridgehead atoms. The number of likely N-dealkylation sites (tertiary alicyclic amines) is 1. The zero-order valence-electron chi connectivity index (χ0n) is 15.5. The third kappa shape index (κ3) is 5.56. The summed E-state index contributed by atoms with van der Waals surface area (Å²) in [5.74, 6) is 0. The van der Waals surface area contributed by atoms with Gasteiger partial charge in [-0.05, 0) is 63.1 Å². The summed E-state index contributed by atoms with van der Waals surface area (Å²) in [5, 5.41) is 3.43. The maximum absolute atomic E-state index is 12.8. The molecule has 1 aromatic carbocycles. The minimum Gasteiger partial charge on any atom is -0.377 e. The zero-order valence-corrected chi connectivity index (χ0v) is 16.3. The zero-order chi connectivity index (χ0) is 19.4. The molecule has 1 aromatic rings. The summed E-state index contributed by atoms with van der Waals surface area (Å²) in [6.45, 7) is 3.42. The third-order valence-corrected chi connectivity index (χ3v) is 5.69. The highest BCUT2D eigenvalue weighted by Crippen LogP contribution is 2.30. The molecule has 0 unspecified atom stereocenters. The van der Waals surface area contributed by atoms with Gasteiger partial charge in [-0.15, -0.1) is 0 Å². The minimum absolute atomic E-state index is 0.344. The van der Waals surface area contributed by atoms with Crippen LogP contribution < -0.4 is 5.32 Å². The SMILES string of the molecule is CN(C[C@@H]1CCCO1)C1CCN(C(=S)Nc2cccc(C(F)(F)F)c2)CC1. The second kappa shape index (κ2) is 8.75. The van der Waals surface area contributed by atoms with Crippen LogP contribution in [0.3, 0.4) is 0 Å². The lowest BCUT2D eigenvalue weighted by atomic mass is 10.0. The Labute approximate surface area is 163 Å². The number of rotatable bonds is 4. The van der Waals surface area contributed by atoms with E-state index in [2.05, 4.69) is 17.3 Å². The molecule has 150 valence electrons. The number of hydrogen-bond donors (Lipinski definition) is 1. The van der Waals surface area contributed by atoms with Crippen LogP contribution >= 0.6 is 12.2 Å². The highest BCUT2D eigenvalue weighted by atomic mass is 32.1. The van der Waals surface area contributed by atoms with Crippen LogP contribution in [0.1, 0.15) is 31.2 Å². The third-order valence-electron chi connectivity index (χ3n) is 5.33. The van der Waals surface area contributed by atoms with E-state index in [0.29, 0.717) is 22.9 Å². The lowest BCUT2D eigenvalue weighted by molar-refractivity contribution is -0.137. The Kier molecular flexibility index (Phi) is 6.60. The Hall–Kier alpha value is -1.38. The maximum Gasteiger partial charge on any atom is 0.416 e. The van der Waals surface area contributed by atoms with Gasteiger partial charge in [0.15, 0.2) is 5.11 Å². The van der Waals surface area contributed by atoms with Crippen LogP contribution in [0.2, 0.25) is 0 Å². The van der Waals surface area contributed by atoms with Crippen molar-refractivity contribution in [1.82, 2.24) is 9.80 Å². The van der Waals surface area contributed by atoms with Crippen molar-refractivity contribution < 1.29 is 17.9 Å². The molecule has 2 fully saturated rings. The van der Waals surface area contributed by atoms with E-state index in [4.69, 9.17) is 17.0 Å². The number of nitrogens with zero attached hydrogens (tertiary/aromatic N) is 2. The Morgan fingerprint density at radius 3 is 2.67 bits per heavy atom. The predicted octanol–water partition coefficient (Wildman–Crippen LogP) is 3.98. The first-order valence-corrected chi connectivity index (χ1v) is 9.79. The molecule has 2 saturated heterocycles. The van der Waals surface area contributed by atoms with Gasteiger partial charge in [0.25, 0.3) is 0 Å². The number of thiocarbonyl (C=S) groups is 1. The van der Waals surface area contributed by atoms with Crippen molar-refractivity contribution in [3.63, 3.8) is 0 Å². The number of piperidine rings is 1. The standard InChI is InChI=1S/C19H26F3N3OS/c1-24(13-17-6-3-11-26-17)16-7-9-25(10-8-16)18(27)23-15-5-2-4-14(12-15)19(20,21)22/h2,4-5,12,16-17H,3,6-11,13H2,1H3,(H,23,27)/t17-/m0/s1. The molecule has 27 heavy (non-hydrogen) atoms. The molecule has 2 aliphatic rings. The predicted molar refractivity (Wildman–Crippen MR) is 104 cm³/mol. The molecule has 4 nitrogen and oxygen atoms in total. The lowest BCUT2D eigenvalue weighted by Crippen LogP contribution is -2.48. The fourth-order valence-corrected chi connectivity index (χ4v) is 4.04. The fraction of sp³-hybridized carbons (Fsp3) is 0.632. The van der Waals surface area contributed by atoms with Crippen molar-refractivity contribution >= 4 is 23.0 Å². The normalized spacial score (nSPS) is 21.7. The first-order valence-electron chi connectivity index (χ1n) is 9.38. The second-order valence-corrected chi connectivity index (χ2v) is 7.69. The van der Waals surface area contributed by atoms with Crippen LogP contribution in [0, 0.1) is 0 Å².